The number of halogens is 2. The predicted octanol–water partition coefficient (Wildman–Crippen LogP) is 4.63. The summed E-state index contributed by atoms with van der Waals surface area (Å²) in [6.45, 7) is 5.98. The van der Waals surface area contributed by atoms with Crippen LogP contribution in [-0.4, -0.2) is 53.4 Å². The van der Waals surface area contributed by atoms with Gasteiger partial charge in [-0.3, -0.25) is 0 Å². The van der Waals surface area contributed by atoms with Crippen molar-refractivity contribution >= 4 is 11.8 Å². The molecule has 0 radical (unpaired) electrons. The Morgan fingerprint density at radius 1 is 1.11 bits per heavy atom. The minimum atomic E-state index is -0.650. The molecule has 2 aliphatic carbocycles. The Morgan fingerprint density at radius 3 is 2.68 bits per heavy atom. The highest BCUT2D eigenvalue weighted by atomic mass is 32.2. The summed E-state index contributed by atoms with van der Waals surface area (Å²) in [7, 11) is 0. The van der Waals surface area contributed by atoms with Gasteiger partial charge < -0.3 is 4.74 Å². The number of ether oxygens (including phenoxy) is 1. The molecule has 3 aromatic heterocycles. The highest BCUT2D eigenvalue weighted by molar-refractivity contribution is 7.99. The Hall–Kier alpha value is -3.31. The zero-order valence-electron chi connectivity index (χ0n) is 20.9. The lowest BCUT2D eigenvalue weighted by Crippen LogP contribution is -2.38. The van der Waals surface area contributed by atoms with E-state index in [1.807, 2.05) is 12.1 Å². The lowest BCUT2D eigenvalue weighted by Gasteiger charge is -2.37. The average molecular weight is 534 g/mol. The van der Waals surface area contributed by atoms with E-state index in [9.17, 15) is 8.78 Å². The number of aromatic nitrogens is 7. The number of hydrogen-bond acceptors (Lipinski definition) is 8. The first-order valence-electron chi connectivity index (χ1n) is 12.6. The molecule has 4 heterocycles. The SMILES string of the molecule is CC1(C)[C@H]2CC[C@@]1(c1ccnc(-n3cnc(CSC4COC4)n3)n1)c1nnc(-c3c(F)cccc3F)cc12. The van der Waals surface area contributed by atoms with Gasteiger partial charge in [-0.1, -0.05) is 19.9 Å². The molecule has 8 nitrogen and oxygen atoms in total. The second-order valence-corrected chi connectivity index (χ2v) is 12.0. The smallest absolute Gasteiger partial charge is 0.252 e. The summed E-state index contributed by atoms with van der Waals surface area (Å²) in [6, 6.07) is 7.57. The van der Waals surface area contributed by atoms with Crippen molar-refractivity contribution < 1.29 is 13.5 Å². The van der Waals surface area contributed by atoms with Crippen molar-refractivity contribution in [2.75, 3.05) is 13.2 Å². The van der Waals surface area contributed by atoms with Crippen LogP contribution in [0.4, 0.5) is 8.78 Å². The Bertz CT molecular complexity index is 1540. The Balaban J connectivity index is 1.27. The number of fused-ring (bicyclic) bond motifs is 5. The molecule has 194 valence electrons. The third-order valence-electron chi connectivity index (χ3n) is 8.48. The second kappa shape index (κ2) is 8.60. The predicted molar refractivity (Wildman–Crippen MR) is 137 cm³/mol. The Labute approximate surface area is 222 Å². The van der Waals surface area contributed by atoms with Crippen molar-refractivity contribution in [3.63, 3.8) is 0 Å². The second-order valence-electron chi connectivity index (χ2n) is 10.7. The fourth-order valence-electron chi connectivity index (χ4n) is 6.42. The van der Waals surface area contributed by atoms with Gasteiger partial charge in [0.2, 0.25) is 0 Å². The van der Waals surface area contributed by atoms with E-state index in [2.05, 4.69) is 39.1 Å². The quantitative estimate of drug-likeness (QED) is 0.354. The van der Waals surface area contributed by atoms with Crippen molar-refractivity contribution in [1.82, 2.24) is 34.9 Å². The minimum absolute atomic E-state index is 0.147. The van der Waals surface area contributed by atoms with Crippen LogP contribution in [0.25, 0.3) is 17.2 Å². The zero-order valence-corrected chi connectivity index (χ0v) is 21.8. The van der Waals surface area contributed by atoms with Crippen molar-refractivity contribution in [3.8, 4) is 17.2 Å². The molecule has 1 saturated carbocycles. The molecule has 1 aromatic carbocycles. The normalized spacial score (nSPS) is 23.4. The standard InChI is InChI=1S/C27H25F2N7OS/c1-26(2)17-6-8-27(26,24-16(17)10-20(33-34-24)23-18(28)4-3-5-19(23)29)21-7-9-30-25(32-21)36-14-31-22(35-36)13-38-15-11-37-12-15/h3-5,7,9-10,14-15,17H,6,8,11-13H2,1-2H3/t17-,27+/m0/s1. The van der Waals surface area contributed by atoms with Crippen LogP contribution in [0.3, 0.4) is 0 Å². The zero-order chi connectivity index (χ0) is 26.1. The average Bonchev–Trinajstić information content (AvgIpc) is 3.51. The van der Waals surface area contributed by atoms with E-state index in [1.165, 1.54) is 18.2 Å². The number of rotatable bonds is 6. The lowest BCUT2D eigenvalue weighted by molar-refractivity contribution is 0.0455. The third kappa shape index (κ3) is 3.37. The van der Waals surface area contributed by atoms with Gasteiger partial charge in [-0.05, 0) is 54.0 Å². The van der Waals surface area contributed by atoms with E-state index in [0.29, 0.717) is 17.0 Å². The first-order valence-corrected chi connectivity index (χ1v) is 13.7. The van der Waals surface area contributed by atoms with Crippen LogP contribution in [0.15, 0.2) is 42.9 Å². The van der Waals surface area contributed by atoms with Crippen LogP contribution in [0, 0.1) is 17.0 Å². The molecule has 7 rings (SSSR count). The van der Waals surface area contributed by atoms with Crippen LogP contribution in [0.2, 0.25) is 0 Å². The number of thioether (sulfide) groups is 1. The highest BCUT2D eigenvalue weighted by Gasteiger charge is 2.65. The van der Waals surface area contributed by atoms with Gasteiger partial charge in [-0.15, -0.1) is 22.0 Å². The maximum atomic E-state index is 14.5. The van der Waals surface area contributed by atoms with Crippen LogP contribution >= 0.6 is 11.8 Å². The first kappa shape index (κ1) is 23.8. The molecule has 2 bridgehead atoms. The van der Waals surface area contributed by atoms with E-state index >= 15 is 0 Å². The van der Waals surface area contributed by atoms with Gasteiger partial charge in [0, 0.05) is 6.20 Å². The molecule has 2 fully saturated rings. The summed E-state index contributed by atoms with van der Waals surface area (Å²) in [6.07, 6.45) is 5.15. The summed E-state index contributed by atoms with van der Waals surface area (Å²) in [4.78, 5) is 13.9. The molecule has 2 atom stereocenters. The van der Waals surface area contributed by atoms with Gasteiger partial charge in [0.05, 0.1) is 52.3 Å². The Kier molecular flexibility index (Phi) is 5.38. The maximum absolute atomic E-state index is 14.5. The first-order chi connectivity index (χ1) is 18.4. The van der Waals surface area contributed by atoms with Gasteiger partial charge in [-0.25, -0.2) is 23.7 Å². The topological polar surface area (TPSA) is 91.5 Å². The highest BCUT2D eigenvalue weighted by Crippen LogP contribution is 2.69. The van der Waals surface area contributed by atoms with Crippen molar-refractivity contribution in [1.29, 1.82) is 0 Å². The number of nitrogens with zero attached hydrogens (tertiary/aromatic N) is 7. The summed E-state index contributed by atoms with van der Waals surface area (Å²) < 4.78 is 35.9. The van der Waals surface area contributed by atoms with Gasteiger partial charge in [-0.2, -0.15) is 9.78 Å². The molecule has 38 heavy (non-hydrogen) atoms. The van der Waals surface area contributed by atoms with Crippen LogP contribution in [-0.2, 0) is 15.9 Å². The molecule has 0 unspecified atom stereocenters. The molecule has 11 heteroatoms. The van der Waals surface area contributed by atoms with Gasteiger partial charge >= 0.3 is 0 Å². The summed E-state index contributed by atoms with van der Waals surface area (Å²) in [5, 5.41) is 14.0. The van der Waals surface area contributed by atoms with Crippen molar-refractivity contribution in [2.45, 2.75) is 49.0 Å². The van der Waals surface area contributed by atoms with Gasteiger partial charge in [0.25, 0.3) is 5.95 Å². The lowest BCUT2D eigenvalue weighted by atomic mass is 9.66. The molecular formula is C27H25F2N7OS. The third-order valence-corrected chi connectivity index (χ3v) is 9.65. The van der Waals surface area contributed by atoms with E-state index in [0.717, 1.165) is 48.8 Å². The van der Waals surface area contributed by atoms with E-state index in [1.54, 1.807) is 29.0 Å². The molecule has 4 aromatic rings. The molecule has 1 saturated heterocycles. The fraction of sp³-hybridized carbons (Fsp3) is 0.407. The number of benzene rings is 1. The minimum Gasteiger partial charge on any atom is -0.379 e. The number of hydrogen-bond donors (Lipinski definition) is 0. The largest absolute Gasteiger partial charge is 0.379 e. The van der Waals surface area contributed by atoms with E-state index in [4.69, 9.17) is 9.72 Å². The van der Waals surface area contributed by atoms with E-state index < -0.39 is 17.0 Å². The van der Waals surface area contributed by atoms with E-state index in [-0.39, 0.29) is 22.6 Å². The molecular weight excluding hydrogens is 508 g/mol. The van der Waals surface area contributed by atoms with Gasteiger partial charge in [0.1, 0.15) is 18.0 Å². The summed E-state index contributed by atoms with van der Waals surface area (Å²) in [5.74, 6) is 0.726. The molecule has 3 aliphatic rings. The van der Waals surface area contributed by atoms with Crippen molar-refractivity contribution in [3.05, 3.63) is 77.3 Å². The summed E-state index contributed by atoms with van der Waals surface area (Å²) in [5.41, 5.74) is 1.96. The van der Waals surface area contributed by atoms with Crippen LogP contribution < -0.4 is 0 Å². The van der Waals surface area contributed by atoms with Crippen LogP contribution in [0.5, 0.6) is 0 Å². The summed E-state index contributed by atoms with van der Waals surface area (Å²) >= 11 is 1.78. The van der Waals surface area contributed by atoms with Crippen LogP contribution in [0.1, 0.15) is 55.4 Å². The molecule has 0 N–H and O–H groups in total. The monoisotopic (exact) mass is 533 g/mol. The van der Waals surface area contributed by atoms with Gasteiger partial charge in [0.15, 0.2) is 5.82 Å². The maximum Gasteiger partial charge on any atom is 0.252 e. The molecule has 1 aliphatic heterocycles. The Morgan fingerprint density at radius 2 is 1.92 bits per heavy atom. The fourth-order valence-corrected chi connectivity index (χ4v) is 7.32. The molecule has 0 amide bonds. The van der Waals surface area contributed by atoms with Crippen molar-refractivity contribution in [2.24, 2.45) is 5.41 Å². The molecule has 0 spiro atoms.